The summed E-state index contributed by atoms with van der Waals surface area (Å²) in [5, 5.41) is 19.6. The van der Waals surface area contributed by atoms with Gasteiger partial charge in [-0.3, -0.25) is 4.79 Å². The number of phenols is 1. The van der Waals surface area contributed by atoms with E-state index in [-0.39, 0.29) is 6.54 Å². The molecule has 0 atom stereocenters. The molecule has 4 nitrogen and oxygen atoms in total. The van der Waals surface area contributed by atoms with E-state index < -0.39 is 17.5 Å². The largest absolute Gasteiger partial charge is 0.505 e. The molecule has 0 heterocycles. The van der Waals surface area contributed by atoms with Crippen LogP contribution in [0.4, 0.5) is 10.1 Å². The average Bonchev–Trinajstić information content (AvgIpc) is 2.07. The van der Waals surface area contributed by atoms with Crippen LogP contribution in [-0.4, -0.2) is 22.7 Å². The van der Waals surface area contributed by atoms with Gasteiger partial charge >= 0.3 is 5.97 Å². The quantitative estimate of drug-likeness (QED) is 0.615. The first kappa shape index (κ1) is 9.31. The first-order valence-corrected chi connectivity index (χ1v) is 3.54. The fourth-order valence-electron chi connectivity index (χ4n) is 0.795. The zero-order valence-electron chi connectivity index (χ0n) is 6.62. The summed E-state index contributed by atoms with van der Waals surface area (Å²) >= 11 is 0. The van der Waals surface area contributed by atoms with Gasteiger partial charge in [0.2, 0.25) is 0 Å². The van der Waals surface area contributed by atoms with E-state index in [1.807, 2.05) is 0 Å². The molecule has 0 saturated heterocycles. The van der Waals surface area contributed by atoms with Crippen LogP contribution in [0.5, 0.6) is 5.75 Å². The third-order valence-corrected chi connectivity index (χ3v) is 1.39. The molecular formula is C8H8FNO3. The molecular weight excluding hydrogens is 177 g/mol. The smallest absolute Gasteiger partial charge is 0.322 e. The van der Waals surface area contributed by atoms with E-state index >= 15 is 0 Å². The normalized spacial score (nSPS) is 9.62. The van der Waals surface area contributed by atoms with Gasteiger partial charge in [-0.15, -0.1) is 0 Å². The fourth-order valence-corrected chi connectivity index (χ4v) is 0.795. The number of phenolic OH excluding ortho intramolecular Hbond substituents is 1. The Balaban J connectivity index is 2.68. The SMILES string of the molecule is O=C(O)CNc1ccc(O)c(F)c1. The number of aromatic hydroxyl groups is 1. The predicted molar refractivity (Wildman–Crippen MR) is 44.2 cm³/mol. The maximum Gasteiger partial charge on any atom is 0.322 e. The second-order valence-electron chi connectivity index (χ2n) is 2.41. The Labute approximate surface area is 73.6 Å². The van der Waals surface area contributed by atoms with Crippen LogP contribution in [0.2, 0.25) is 0 Å². The number of hydrogen-bond acceptors (Lipinski definition) is 3. The van der Waals surface area contributed by atoms with Crippen molar-refractivity contribution in [3.05, 3.63) is 24.0 Å². The summed E-state index contributed by atoms with van der Waals surface area (Å²) < 4.78 is 12.7. The van der Waals surface area contributed by atoms with Gasteiger partial charge in [0.1, 0.15) is 6.54 Å². The van der Waals surface area contributed by atoms with E-state index in [0.29, 0.717) is 5.69 Å². The molecule has 1 rings (SSSR count). The van der Waals surface area contributed by atoms with Crippen molar-refractivity contribution in [2.45, 2.75) is 0 Å². The van der Waals surface area contributed by atoms with Gasteiger partial charge in [-0.05, 0) is 12.1 Å². The highest BCUT2D eigenvalue weighted by atomic mass is 19.1. The predicted octanol–water partition coefficient (Wildman–Crippen LogP) is 1.03. The molecule has 0 aliphatic rings. The molecule has 0 amide bonds. The van der Waals surface area contributed by atoms with Crippen LogP contribution >= 0.6 is 0 Å². The van der Waals surface area contributed by atoms with Crippen molar-refractivity contribution in [3.63, 3.8) is 0 Å². The van der Waals surface area contributed by atoms with Crippen molar-refractivity contribution >= 4 is 11.7 Å². The molecule has 0 unspecified atom stereocenters. The van der Waals surface area contributed by atoms with Gasteiger partial charge in [0, 0.05) is 11.8 Å². The lowest BCUT2D eigenvalue weighted by atomic mass is 10.3. The molecule has 3 N–H and O–H groups in total. The standard InChI is InChI=1S/C8H8FNO3/c9-6-3-5(1-2-7(6)11)10-4-8(12)13/h1-3,10-11H,4H2,(H,12,13). The minimum atomic E-state index is -1.03. The Morgan fingerprint density at radius 1 is 1.54 bits per heavy atom. The lowest BCUT2D eigenvalue weighted by molar-refractivity contribution is -0.134. The Kier molecular flexibility index (Phi) is 2.69. The molecule has 5 heteroatoms. The second kappa shape index (κ2) is 3.75. The highest BCUT2D eigenvalue weighted by molar-refractivity contribution is 5.72. The van der Waals surface area contributed by atoms with Crippen molar-refractivity contribution in [1.82, 2.24) is 0 Å². The van der Waals surface area contributed by atoms with Crippen molar-refractivity contribution in [1.29, 1.82) is 0 Å². The summed E-state index contributed by atoms with van der Waals surface area (Å²) in [4.78, 5) is 10.1. The van der Waals surface area contributed by atoms with Crippen LogP contribution in [-0.2, 0) is 4.79 Å². The van der Waals surface area contributed by atoms with Gasteiger partial charge in [0.25, 0.3) is 0 Å². The van der Waals surface area contributed by atoms with E-state index in [1.54, 1.807) is 0 Å². The number of nitrogens with one attached hydrogen (secondary N) is 1. The van der Waals surface area contributed by atoms with E-state index in [1.165, 1.54) is 6.07 Å². The Morgan fingerprint density at radius 3 is 2.77 bits per heavy atom. The first-order chi connectivity index (χ1) is 6.09. The maximum absolute atomic E-state index is 12.7. The van der Waals surface area contributed by atoms with Crippen molar-refractivity contribution in [3.8, 4) is 5.75 Å². The summed E-state index contributed by atoms with van der Waals surface area (Å²) in [5.74, 6) is -2.27. The third kappa shape index (κ3) is 2.62. The summed E-state index contributed by atoms with van der Waals surface area (Å²) in [6.45, 7) is -0.287. The van der Waals surface area contributed by atoms with E-state index in [2.05, 4.69) is 5.32 Å². The van der Waals surface area contributed by atoms with E-state index in [4.69, 9.17) is 10.2 Å². The molecule has 13 heavy (non-hydrogen) atoms. The molecule has 0 spiro atoms. The molecule has 1 aromatic carbocycles. The number of carboxylic acid groups (broad SMARTS) is 1. The molecule has 70 valence electrons. The first-order valence-electron chi connectivity index (χ1n) is 3.54. The highest BCUT2D eigenvalue weighted by Gasteiger charge is 2.02. The minimum Gasteiger partial charge on any atom is -0.505 e. The molecule has 0 aliphatic carbocycles. The highest BCUT2D eigenvalue weighted by Crippen LogP contribution is 2.18. The third-order valence-electron chi connectivity index (χ3n) is 1.39. The number of aliphatic carboxylic acids is 1. The molecule has 0 fully saturated rings. The molecule has 0 bridgehead atoms. The van der Waals surface area contributed by atoms with Gasteiger partial charge in [-0.2, -0.15) is 0 Å². The van der Waals surface area contributed by atoms with Crippen LogP contribution in [0, 0.1) is 5.82 Å². The number of halogens is 1. The summed E-state index contributed by atoms with van der Waals surface area (Å²) in [6.07, 6.45) is 0. The van der Waals surface area contributed by atoms with Crippen LogP contribution in [0.15, 0.2) is 18.2 Å². The number of benzene rings is 1. The number of anilines is 1. The van der Waals surface area contributed by atoms with E-state index in [9.17, 15) is 9.18 Å². The molecule has 0 radical (unpaired) electrons. The van der Waals surface area contributed by atoms with Crippen LogP contribution in [0.25, 0.3) is 0 Å². The molecule has 0 aliphatic heterocycles. The Bertz CT molecular complexity index is 327. The Hall–Kier alpha value is -1.78. The number of carbonyl (C=O) groups is 1. The average molecular weight is 185 g/mol. The lowest BCUT2D eigenvalue weighted by Gasteiger charge is -2.03. The van der Waals surface area contributed by atoms with Gasteiger partial charge < -0.3 is 15.5 Å². The summed E-state index contributed by atoms with van der Waals surface area (Å²) in [7, 11) is 0. The van der Waals surface area contributed by atoms with Crippen molar-refractivity contribution in [2.75, 3.05) is 11.9 Å². The van der Waals surface area contributed by atoms with Crippen molar-refractivity contribution in [2.24, 2.45) is 0 Å². The number of carboxylic acids is 1. The molecule has 1 aromatic rings. The Morgan fingerprint density at radius 2 is 2.23 bits per heavy atom. The fraction of sp³-hybridized carbons (Fsp3) is 0.125. The zero-order chi connectivity index (χ0) is 9.84. The zero-order valence-corrected chi connectivity index (χ0v) is 6.62. The number of rotatable bonds is 3. The van der Waals surface area contributed by atoms with Gasteiger partial charge in [-0.1, -0.05) is 0 Å². The van der Waals surface area contributed by atoms with Gasteiger partial charge in [0.05, 0.1) is 0 Å². The maximum atomic E-state index is 12.7. The van der Waals surface area contributed by atoms with Crippen LogP contribution < -0.4 is 5.32 Å². The van der Waals surface area contributed by atoms with Crippen molar-refractivity contribution < 1.29 is 19.4 Å². The van der Waals surface area contributed by atoms with Crippen LogP contribution in [0.3, 0.4) is 0 Å². The molecule has 0 aromatic heterocycles. The van der Waals surface area contributed by atoms with Crippen LogP contribution in [0.1, 0.15) is 0 Å². The second-order valence-corrected chi connectivity index (χ2v) is 2.41. The monoisotopic (exact) mass is 185 g/mol. The topological polar surface area (TPSA) is 69.6 Å². The van der Waals surface area contributed by atoms with Gasteiger partial charge in [-0.25, -0.2) is 4.39 Å². The van der Waals surface area contributed by atoms with E-state index in [0.717, 1.165) is 12.1 Å². The summed E-state index contributed by atoms with van der Waals surface area (Å²) in [6, 6.07) is 3.57. The lowest BCUT2D eigenvalue weighted by Crippen LogP contribution is -2.12. The minimum absolute atomic E-state index is 0.287. The van der Waals surface area contributed by atoms with Gasteiger partial charge in [0.15, 0.2) is 11.6 Å². The molecule has 0 saturated carbocycles. The summed E-state index contributed by atoms with van der Waals surface area (Å²) in [5.41, 5.74) is 0.317. The number of hydrogen-bond donors (Lipinski definition) is 3.